The fraction of sp³-hybridized carbons (Fsp3) is 1.00. The fourth-order valence-corrected chi connectivity index (χ4v) is 6.05. The Labute approximate surface area is 94.1 Å². The molecule has 3 atom stereocenters. The number of hydrogen-bond donors (Lipinski definition) is 1. The minimum absolute atomic E-state index is 0.140. The summed E-state index contributed by atoms with van der Waals surface area (Å²) in [5, 5.41) is 9.83. The smallest absolute Gasteiger partial charge is 0.218 e. The van der Waals surface area contributed by atoms with Crippen molar-refractivity contribution >= 4 is 33.2 Å². The van der Waals surface area contributed by atoms with Crippen LogP contribution < -0.4 is 0 Å². The molecule has 6 heteroatoms. The predicted octanol–water partition coefficient (Wildman–Crippen LogP) is 0.797. The molecular formula is C8H15ClO3S2. The average Bonchev–Trinajstić information content (AvgIpc) is 2.12. The molecule has 0 amide bonds. The van der Waals surface area contributed by atoms with Gasteiger partial charge in [-0.1, -0.05) is 25.4 Å². The normalized spacial score (nSPS) is 41.2. The lowest BCUT2D eigenvalue weighted by atomic mass is 10.1. The number of hydrogen-bond acceptors (Lipinski definition) is 3. The molecule has 1 N–H and O–H groups in total. The van der Waals surface area contributed by atoms with Gasteiger partial charge in [0.15, 0.2) is 0 Å². The first kappa shape index (κ1) is 12.6. The van der Waals surface area contributed by atoms with Crippen LogP contribution in [0.5, 0.6) is 0 Å². The first-order chi connectivity index (χ1) is 6.40. The predicted molar refractivity (Wildman–Crippen MR) is 60.1 cm³/mol. The van der Waals surface area contributed by atoms with Crippen molar-refractivity contribution in [3.63, 3.8) is 0 Å². The summed E-state index contributed by atoms with van der Waals surface area (Å²) in [6, 6.07) is 0. The molecule has 2 unspecified atom stereocenters. The van der Waals surface area contributed by atoms with Crippen molar-refractivity contribution in [2.45, 2.75) is 29.9 Å². The minimum atomic E-state index is -1.45. The number of alkyl halides is 1. The second-order valence-electron chi connectivity index (χ2n) is 3.72. The van der Waals surface area contributed by atoms with Crippen LogP contribution in [0.4, 0.5) is 0 Å². The van der Waals surface area contributed by atoms with Crippen LogP contribution in [-0.4, -0.2) is 34.7 Å². The standard InChI is InChI=1S/C8H15ClO3S2/c1-6(2)7(10)8(9)13(11)4-3-5-14(8)12/h6-7,10H,3-5H2,1-2H3/t7-,8?,13?,14?/m1/s1. The molecule has 0 saturated carbocycles. The van der Waals surface area contributed by atoms with E-state index < -0.39 is 31.2 Å². The molecule has 0 aliphatic carbocycles. The molecule has 0 aromatic rings. The zero-order valence-electron chi connectivity index (χ0n) is 8.23. The third-order valence-electron chi connectivity index (χ3n) is 2.27. The Kier molecular flexibility index (Phi) is 4.14. The second-order valence-corrected chi connectivity index (χ2v) is 8.51. The van der Waals surface area contributed by atoms with Gasteiger partial charge in [-0.05, 0) is 12.3 Å². The molecule has 1 aliphatic rings. The molecule has 0 aromatic carbocycles. The molecule has 1 fully saturated rings. The van der Waals surface area contributed by atoms with Crippen molar-refractivity contribution in [3.05, 3.63) is 0 Å². The van der Waals surface area contributed by atoms with Gasteiger partial charge in [0.1, 0.15) is 0 Å². The molecule has 1 heterocycles. The SMILES string of the molecule is CC(C)[C@@H](O)C1(Cl)S(=O)CCCS1=O. The highest BCUT2D eigenvalue weighted by molar-refractivity contribution is 8.07. The highest BCUT2D eigenvalue weighted by atomic mass is 35.5. The van der Waals surface area contributed by atoms with Gasteiger partial charge >= 0.3 is 0 Å². The van der Waals surface area contributed by atoms with E-state index in [1.165, 1.54) is 0 Å². The van der Waals surface area contributed by atoms with E-state index >= 15 is 0 Å². The van der Waals surface area contributed by atoms with E-state index in [1.54, 1.807) is 13.8 Å². The third kappa shape index (κ3) is 2.05. The van der Waals surface area contributed by atoms with Gasteiger partial charge in [-0.15, -0.1) is 0 Å². The molecule has 14 heavy (non-hydrogen) atoms. The number of aliphatic hydroxyl groups is 1. The highest BCUT2D eigenvalue weighted by Gasteiger charge is 2.50. The van der Waals surface area contributed by atoms with Gasteiger partial charge in [0.05, 0.1) is 27.7 Å². The van der Waals surface area contributed by atoms with Crippen LogP contribution in [0.1, 0.15) is 20.3 Å². The van der Waals surface area contributed by atoms with Crippen molar-refractivity contribution in [2.24, 2.45) is 5.92 Å². The summed E-state index contributed by atoms with van der Waals surface area (Å²) in [4.78, 5) is 0. The zero-order valence-corrected chi connectivity index (χ0v) is 10.6. The van der Waals surface area contributed by atoms with Gasteiger partial charge in [0.25, 0.3) is 0 Å². The van der Waals surface area contributed by atoms with E-state index in [0.717, 1.165) is 0 Å². The summed E-state index contributed by atoms with van der Waals surface area (Å²) in [5.41, 5.74) is 0. The Balaban J connectivity index is 2.98. The molecule has 1 rings (SSSR count). The van der Waals surface area contributed by atoms with Crippen molar-refractivity contribution in [3.8, 4) is 0 Å². The maximum atomic E-state index is 11.7. The van der Waals surface area contributed by atoms with E-state index in [4.69, 9.17) is 11.6 Å². The summed E-state index contributed by atoms with van der Waals surface area (Å²) < 4.78 is 21.9. The van der Waals surface area contributed by atoms with Crippen LogP contribution in [0.2, 0.25) is 0 Å². The molecule has 84 valence electrons. The van der Waals surface area contributed by atoms with Crippen molar-refractivity contribution in [2.75, 3.05) is 11.5 Å². The molecule has 0 radical (unpaired) electrons. The first-order valence-electron chi connectivity index (χ1n) is 4.54. The van der Waals surface area contributed by atoms with Gasteiger partial charge in [-0.2, -0.15) is 0 Å². The van der Waals surface area contributed by atoms with Crippen LogP contribution >= 0.6 is 11.6 Å². The lowest BCUT2D eigenvalue weighted by Gasteiger charge is -2.35. The Bertz CT molecular complexity index is 251. The minimum Gasteiger partial charge on any atom is -0.389 e. The van der Waals surface area contributed by atoms with Crippen LogP contribution in [-0.2, 0) is 21.6 Å². The van der Waals surface area contributed by atoms with Gasteiger partial charge in [0.2, 0.25) is 3.54 Å². The van der Waals surface area contributed by atoms with Gasteiger partial charge in [0, 0.05) is 11.5 Å². The maximum Gasteiger partial charge on any atom is 0.218 e. The number of halogens is 1. The topological polar surface area (TPSA) is 54.4 Å². The molecular weight excluding hydrogens is 244 g/mol. The summed E-state index contributed by atoms with van der Waals surface area (Å²) in [6.45, 7) is 3.55. The number of aliphatic hydroxyl groups excluding tert-OH is 1. The summed E-state index contributed by atoms with van der Waals surface area (Å²) in [5.74, 6) is 0.719. The Morgan fingerprint density at radius 3 is 2.07 bits per heavy atom. The second kappa shape index (κ2) is 4.60. The molecule has 3 nitrogen and oxygen atoms in total. The van der Waals surface area contributed by atoms with Crippen molar-refractivity contribution in [1.29, 1.82) is 0 Å². The highest BCUT2D eigenvalue weighted by Crippen LogP contribution is 2.36. The van der Waals surface area contributed by atoms with Crippen LogP contribution in [0.3, 0.4) is 0 Å². The molecule has 1 saturated heterocycles. The monoisotopic (exact) mass is 258 g/mol. The van der Waals surface area contributed by atoms with Crippen LogP contribution in [0.15, 0.2) is 0 Å². The molecule has 1 aliphatic heterocycles. The lowest BCUT2D eigenvalue weighted by Crippen LogP contribution is -2.51. The zero-order chi connectivity index (χ0) is 10.9. The van der Waals surface area contributed by atoms with E-state index in [0.29, 0.717) is 17.9 Å². The molecule has 0 spiro atoms. The van der Waals surface area contributed by atoms with Gasteiger partial charge < -0.3 is 5.11 Å². The molecule has 0 bridgehead atoms. The summed E-state index contributed by atoms with van der Waals surface area (Å²) in [6.07, 6.45) is -0.329. The average molecular weight is 259 g/mol. The summed E-state index contributed by atoms with van der Waals surface area (Å²) in [7, 11) is -2.82. The lowest BCUT2D eigenvalue weighted by molar-refractivity contribution is 0.130. The fourth-order valence-electron chi connectivity index (χ4n) is 1.37. The largest absolute Gasteiger partial charge is 0.389 e. The van der Waals surface area contributed by atoms with E-state index in [1.807, 2.05) is 0 Å². The van der Waals surface area contributed by atoms with Gasteiger partial charge in [-0.25, -0.2) is 0 Å². The van der Waals surface area contributed by atoms with Crippen molar-refractivity contribution in [1.82, 2.24) is 0 Å². The Hall–Kier alpha value is 0.550. The Morgan fingerprint density at radius 2 is 1.71 bits per heavy atom. The van der Waals surface area contributed by atoms with E-state index in [-0.39, 0.29) is 5.92 Å². The third-order valence-corrected chi connectivity index (χ3v) is 7.68. The van der Waals surface area contributed by atoms with E-state index in [2.05, 4.69) is 0 Å². The van der Waals surface area contributed by atoms with Crippen molar-refractivity contribution < 1.29 is 13.5 Å². The maximum absolute atomic E-state index is 11.7. The summed E-state index contributed by atoms with van der Waals surface area (Å²) >= 11 is 6.07. The Morgan fingerprint density at radius 1 is 1.29 bits per heavy atom. The van der Waals surface area contributed by atoms with Crippen LogP contribution in [0.25, 0.3) is 0 Å². The number of rotatable bonds is 2. The first-order valence-corrected chi connectivity index (χ1v) is 7.56. The molecule has 0 aromatic heterocycles. The van der Waals surface area contributed by atoms with Crippen LogP contribution in [0, 0.1) is 5.92 Å². The van der Waals surface area contributed by atoms with E-state index in [9.17, 15) is 13.5 Å². The quantitative estimate of drug-likeness (QED) is 0.746. The van der Waals surface area contributed by atoms with Gasteiger partial charge in [-0.3, -0.25) is 8.42 Å².